The van der Waals surface area contributed by atoms with Crippen molar-refractivity contribution in [2.24, 2.45) is 0 Å². The largest absolute Gasteiger partial charge is 0.398 e. The summed E-state index contributed by atoms with van der Waals surface area (Å²) in [6.07, 6.45) is 5.28. The van der Waals surface area contributed by atoms with Gasteiger partial charge in [-0.1, -0.05) is 6.92 Å². The monoisotopic (exact) mass is 497 g/mol. The van der Waals surface area contributed by atoms with Crippen LogP contribution in [0.15, 0.2) is 35.8 Å². The van der Waals surface area contributed by atoms with Crippen LogP contribution in [0, 0.1) is 5.41 Å². The average Bonchev–Trinajstić information content (AvgIpc) is 3.53. The molecule has 0 bridgehead atoms. The number of nitrogens with two attached hydrogens (primary N) is 1. The minimum Gasteiger partial charge on any atom is -0.398 e. The number of nitrogen functional groups attached to an aromatic ring is 1. The van der Waals surface area contributed by atoms with Gasteiger partial charge in [-0.2, -0.15) is 0 Å². The van der Waals surface area contributed by atoms with Gasteiger partial charge in [0, 0.05) is 64.3 Å². The van der Waals surface area contributed by atoms with Crippen LogP contribution in [0.3, 0.4) is 0 Å². The lowest BCUT2D eigenvalue weighted by Gasteiger charge is -2.22. The van der Waals surface area contributed by atoms with Crippen molar-refractivity contribution in [3.8, 4) is 10.6 Å². The van der Waals surface area contributed by atoms with Crippen LogP contribution >= 0.6 is 22.7 Å². The molecular formula is C24H27N5O3S2. The number of carbonyl (C=O) groups excluding carboxylic acids is 2. The molecule has 1 saturated heterocycles. The highest BCUT2D eigenvalue weighted by atomic mass is 32.1. The van der Waals surface area contributed by atoms with E-state index < -0.39 is 0 Å². The summed E-state index contributed by atoms with van der Waals surface area (Å²) < 4.78 is 5.35. The number of benzene rings is 1. The Balaban J connectivity index is 1.43. The standard InChI is InChI=1S/C24H27N5O3S2/c1-2-19(29-22(30)14-3-4-18(26)15(9-14)11-25)21-12-27-24(34-21)16-10-20(33-13-16)23(31)28-17-5-7-32-8-6-17/h3-4,9-13,17,19,25H,2,5-8,26H2,1H3,(H,28,31)(H,29,30). The average molecular weight is 498 g/mol. The fraction of sp³-hybridized carbons (Fsp3) is 0.333. The summed E-state index contributed by atoms with van der Waals surface area (Å²) in [5.74, 6) is -0.293. The van der Waals surface area contributed by atoms with Gasteiger partial charge in [0.05, 0.1) is 10.9 Å². The summed E-state index contributed by atoms with van der Waals surface area (Å²) >= 11 is 2.91. The normalized spacial score (nSPS) is 15.0. The highest BCUT2D eigenvalue weighted by Gasteiger charge is 2.21. The quantitative estimate of drug-likeness (QED) is 0.273. The number of aromatic nitrogens is 1. The summed E-state index contributed by atoms with van der Waals surface area (Å²) in [6.45, 7) is 3.36. The lowest BCUT2D eigenvalue weighted by Crippen LogP contribution is -2.38. The smallest absolute Gasteiger partial charge is 0.261 e. The van der Waals surface area contributed by atoms with E-state index in [9.17, 15) is 9.59 Å². The van der Waals surface area contributed by atoms with E-state index in [1.165, 1.54) is 22.7 Å². The van der Waals surface area contributed by atoms with Crippen molar-refractivity contribution in [1.29, 1.82) is 5.41 Å². The molecule has 1 atom stereocenters. The van der Waals surface area contributed by atoms with E-state index >= 15 is 0 Å². The molecule has 1 fully saturated rings. The van der Waals surface area contributed by atoms with E-state index in [0.717, 1.165) is 34.5 Å². The van der Waals surface area contributed by atoms with Crippen LogP contribution in [0.4, 0.5) is 5.69 Å². The summed E-state index contributed by atoms with van der Waals surface area (Å²) in [7, 11) is 0. The number of nitrogens with one attached hydrogen (secondary N) is 3. The second-order valence-electron chi connectivity index (χ2n) is 8.05. The number of carbonyl (C=O) groups is 2. The van der Waals surface area contributed by atoms with Gasteiger partial charge in [0.2, 0.25) is 0 Å². The highest BCUT2D eigenvalue weighted by Crippen LogP contribution is 2.33. The molecule has 178 valence electrons. The molecule has 0 saturated carbocycles. The topological polar surface area (TPSA) is 130 Å². The van der Waals surface area contributed by atoms with Gasteiger partial charge in [0.1, 0.15) is 5.01 Å². The summed E-state index contributed by atoms with van der Waals surface area (Å²) in [5.41, 5.74) is 8.14. The molecule has 3 heterocycles. The molecule has 0 radical (unpaired) electrons. The predicted molar refractivity (Wildman–Crippen MR) is 136 cm³/mol. The van der Waals surface area contributed by atoms with Crippen molar-refractivity contribution >= 4 is 46.4 Å². The van der Waals surface area contributed by atoms with E-state index in [0.29, 0.717) is 41.3 Å². The summed E-state index contributed by atoms with van der Waals surface area (Å²) in [4.78, 5) is 31.5. The fourth-order valence-electron chi connectivity index (χ4n) is 3.70. The predicted octanol–water partition coefficient (Wildman–Crippen LogP) is 4.24. The number of nitrogens with zero attached hydrogens (tertiary/aromatic N) is 1. The van der Waals surface area contributed by atoms with Crippen molar-refractivity contribution in [3.05, 3.63) is 56.7 Å². The molecular weight excluding hydrogens is 470 g/mol. The molecule has 5 N–H and O–H groups in total. The second kappa shape index (κ2) is 10.9. The number of ether oxygens (including phenoxy) is 1. The van der Waals surface area contributed by atoms with Gasteiger partial charge in [-0.05, 0) is 43.5 Å². The summed E-state index contributed by atoms with van der Waals surface area (Å²) in [5, 5.41) is 16.3. The number of hydrogen-bond acceptors (Lipinski definition) is 8. The molecule has 2 aromatic heterocycles. The fourth-order valence-corrected chi connectivity index (χ4v) is 5.61. The molecule has 8 nitrogen and oxygen atoms in total. The van der Waals surface area contributed by atoms with Gasteiger partial charge in [0.15, 0.2) is 0 Å². The number of anilines is 1. The zero-order valence-corrected chi connectivity index (χ0v) is 20.4. The third-order valence-corrected chi connectivity index (χ3v) is 7.80. The molecule has 4 rings (SSSR count). The van der Waals surface area contributed by atoms with E-state index in [1.54, 1.807) is 24.4 Å². The SMILES string of the molecule is CCC(NC(=O)c1ccc(N)c(C=N)c1)c1cnc(-c2csc(C(=O)NC3CCOCC3)c2)s1. The molecule has 0 aliphatic carbocycles. The molecule has 1 unspecified atom stereocenters. The van der Waals surface area contributed by atoms with Crippen molar-refractivity contribution in [1.82, 2.24) is 15.6 Å². The van der Waals surface area contributed by atoms with Crippen molar-refractivity contribution in [3.63, 3.8) is 0 Å². The lowest BCUT2D eigenvalue weighted by molar-refractivity contribution is 0.0698. The first-order valence-corrected chi connectivity index (χ1v) is 12.8. The maximum Gasteiger partial charge on any atom is 0.261 e. The van der Waals surface area contributed by atoms with Gasteiger partial charge in [-0.25, -0.2) is 4.98 Å². The third-order valence-electron chi connectivity index (χ3n) is 5.71. The maximum atomic E-state index is 12.8. The van der Waals surface area contributed by atoms with Crippen LogP contribution in [0.5, 0.6) is 0 Å². The minimum atomic E-state index is -0.229. The Hall–Kier alpha value is -3.08. The van der Waals surface area contributed by atoms with Gasteiger partial charge >= 0.3 is 0 Å². The van der Waals surface area contributed by atoms with Crippen molar-refractivity contribution in [2.45, 2.75) is 38.3 Å². The van der Waals surface area contributed by atoms with Crippen LogP contribution in [-0.2, 0) is 4.74 Å². The van der Waals surface area contributed by atoms with E-state index in [1.807, 2.05) is 18.4 Å². The first kappa shape index (κ1) is 24.1. The second-order valence-corrected chi connectivity index (χ2v) is 10.0. The third kappa shape index (κ3) is 5.52. The molecule has 1 aliphatic heterocycles. The Morgan fingerprint density at radius 1 is 1.29 bits per heavy atom. The van der Waals surface area contributed by atoms with Crippen molar-refractivity contribution in [2.75, 3.05) is 18.9 Å². The lowest BCUT2D eigenvalue weighted by atomic mass is 10.1. The molecule has 3 aromatic rings. The number of rotatable bonds is 8. The molecule has 10 heteroatoms. The van der Waals surface area contributed by atoms with Crippen LogP contribution in [0.25, 0.3) is 10.6 Å². The highest BCUT2D eigenvalue weighted by molar-refractivity contribution is 7.16. The molecule has 2 amide bonds. The van der Waals surface area contributed by atoms with Gasteiger partial charge in [-0.3, -0.25) is 9.59 Å². The van der Waals surface area contributed by atoms with Crippen LogP contribution in [-0.4, -0.2) is 42.3 Å². The maximum absolute atomic E-state index is 12.8. The van der Waals surface area contributed by atoms with E-state index in [4.69, 9.17) is 15.9 Å². The Bertz CT molecular complexity index is 1180. The van der Waals surface area contributed by atoms with Crippen LogP contribution in [0.1, 0.15) is 62.7 Å². The molecule has 1 aliphatic rings. The Morgan fingerprint density at radius 2 is 2.09 bits per heavy atom. The zero-order valence-electron chi connectivity index (χ0n) is 18.8. The van der Waals surface area contributed by atoms with E-state index in [2.05, 4.69) is 15.6 Å². The Labute approximate surface area is 206 Å². The van der Waals surface area contributed by atoms with Crippen LogP contribution in [0.2, 0.25) is 0 Å². The number of thiophene rings is 1. The molecule has 0 spiro atoms. The number of hydrogen-bond donors (Lipinski definition) is 4. The molecule has 1 aromatic carbocycles. The number of thiazole rings is 1. The summed E-state index contributed by atoms with van der Waals surface area (Å²) in [6, 6.07) is 6.72. The van der Waals surface area contributed by atoms with E-state index in [-0.39, 0.29) is 23.9 Å². The van der Waals surface area contributed by atoms with Gasteiger partial charge in [-0.15, -0.1) is 22.7 Å². The van der Waals surface area contributed by atoms with Crippen molar-refractivity contribution < 1.29 is 14.3 Å². The van der Waals surface area contributed by atoms with Gasteiger partial charge in [0.25, 0.3) is 11.8 Å². The Kier molecular flexibility index (Phi) is 7.71. The molecule has 34 heavy (non-hydrogen) atoms. The van der Waals surface area contributed by atoms with Gasteiger partial charge < -0.3 is 26.5 Å². The Morgan fingerprint density at radius 3 is 2.82 bits per heavy atom. The number of amides is 2. The first-order chi connectivity index (χ1) is 16.5. The zero-order chi connectivity index (χ0) is 24.1. The first-order valence-electron chi connectivity index (χ1n) is 11.1. The van der Waals surface area contributed by atoms with Crippen LogP contribution < -0.4 is 16.4 Å². The minimum absolute atomic E-state index is 0.0635.